The highest BCUT2D eigenvalue weighted by Gasteiger charge is 2.20. The lowest BCUT2D eigenvalue weighted by Gasteiger charge is -2.07. The SMILES string of the molecule is C[C@@H](Sc1nnc(-c2ccccc2)o1)C(=O)c1ccc(Cl)cc1. The molecule has 1 heterocycles. The summed E-state index contributed by atoms with van der Waals surface area (Å²) in [6.07, 6.45) is 0. The van der Waals surface area contributed by atoms with Crippen LogP contribution in [0.3, 0.4) is 0 Å². The fourth-order valence-corrected chi connectivity index (χ4v) is 2.89. The number of thioether (sulfide) groups is 1. The van der Waals surface area contributed by atoms with Gasteiger partial charge in [0.1, 0.15) is 0 Å². The topological polar surface area (TPSA) is 56.0 Å². The van der Waals surface area contributed by atoms with Gasteiger partial charge in [0.25, 0.3) is 5.22 Å². The molecule has 0 unspecified atom stereocenters. The minimum absolute atomic E-state index is 0.00822. The number of benzene rings is 2. The van der Waals surface area contributed by atoms with Gasteiger partial charge in [-0.2, -0.15) is 0 Å². The van der Waals surface area contributed by atoms with Gasteiger partial charge in [0, 0.05) is 16.1 Å². The van der Waals surface area contributed by atoms with Crippen molar-refractivity contribution in [2.75, 3.05) is 0 Å². The average Bonchev–Trinajstić information content (AvgIpc) is 3.04. The Balaban J connectivity index is 1.71. The molecule has 0 radical (unpaired) electrons. The van der Waals surface area contributed by atoms with Gasteiger partial charge in [-0.25, -0.2) is 0 Å². The summed E-state index contributed by atoms with van der Waals surface area (Å²) < 4.78 is 5.61. The molecular weight excluding hydrogens is 332 g/mol. The summed E-state index contributed by atoms with van der Waals surface area (Å²) in [6, 6.07) is 16.3. The zero-order chi connectivity index (χ0) is 16.2. The lowest BCUT2D eigenvalue weighted by Crippen LogP contribution is -2.13. The summed E-state index contributed by atoms with van der Waals surface area (Å²) in [5.41, 5.74) is 1.46. The normalized spacial score (nSPS) is 12.1. The van der Waals surface area contributed by atoms with E-state index in [1.54, 1.807) is 24.3 Å². The first-order valence-corrected chi connectivity index (χ1v) is 8.24. The maximum Gasteiger partial charge on any atom is 0.277 e. The average molecular weight is 345 g/mol. The number of nitrogens with zero attached hydrogens (tertiary/aromatic N) is 2. The summed E-state index contributed by atoms with van der Waals surface area (Å²) >= 11 is 7.08. The van der Waals surface area contributed by atoms with Gasteiger partial charge in [-0.3, -0.25) is 4.79 Å². The first kappa shape index (κ1) is 15.8. The second-order valence-corrected chi connectivity index (χ2v) is 6.60. The molecule has 0 fully saturated rings. The molecule has 3 rings (SSSR count). The van der Waals surface area contributed by atoms with Crippen LogP contribution in [0.1, 0.15) is 17.3 Å². The van der Waals surface area contributed by atoms with Crippen molar-refractivity contribution in [3.05, 3.63) is 65.2 Å². The molecule has 0 amide bonds. The fraction of sp³-hybridized carbons (Fsp3) is 0.118. The highest BCUT2D eigenvalue weighted by molar-refractivity contribution is 8.00. The molecule has 1 aromatic heterocycles. The summed E-state index contributed by atoms with van der Waals surface area (Å²) in [5.74, 6) is 0.436. The second kappa shape index (κ2) is 6.98. The van der Waals surface area contributed by atoms with Gasteiger partial charge in [-0.15, -0.1) is 10.2 Å². The largest absolute Gasteiger partial charge is 0.411 e. The molecule has 4 nitrogen and oxygen atoms in total. The Morgan fingerprint density at radius 1 is 1.09 bits per heavy atom. The molecule has 1 atom stereocenters. The van der Waals surface area contributed by atoms with Crippen molar-refractivity contribution in [2.45, 2.75) is 17.4 Å². The van der Waals surface area contributed by atoms with Gasteiger partial charge in [0.05, 0.1) is 5.25 Å². The van der Waals surface area contributed by atoms with E-state index in [-0.39, 0.29) is 11.0 Å². The molecule has 0 saturated heterocycles. The number of carbonyl (C=O) groups excluding carboxylic acids is 1. The van der Waals surface area contributed by atoms with Gasteiger partial charge < -0.3 is 4.42 Å². The quantitative estimate of drug-likeness (QED) is 0.493. The van der Waals surface area contributed by atoms with E-state index in [2.05, 4.69) is 10.2 Å². The Morgan fingerprint density at radius 3 is 2.48 bits per heavy atom. The van der Waals surface area contributed by atoms with Gasteiger partial charge in [-0.05, 0) is 43.3 Å². The standard InChI is InChI=1S/C17H13ClN2O2S/c1-11(15(21)12-7-9-14(18)10-8-12)23-17-20-19-16(22-17)13-5-3-2-4-6-13/h2-11H,1H3/t11-/m1/s1. The number of carbonyl (C=O) groups is 1. The van der Waals surface area contributed by atoms with Crippen molar-refractivity contribution in [1.29, 1.82) is 0 Å². The molecule has 0 saturated carbocycles. The third-order valence-corrected chi connectivity index (χ3v) is 4.39. The Kier molecular flexibility index (Phi) is 4.79. The molecule has 116 valence electrons. The monoisotopic (exact) mass is 344 g/mol. The number of hydrogen-bond donors (Lipinski definition) is 0. The van der Waals surface area contributed by atoms with Crippen molar-refractivity contribution in [3.63, 3.8) is 0 Å². The Hall–Kier alpha value is -2.11. The summed E-state index contributed by atoms with van der Waals surface area (Å²) in [5, 5.41) is 8.66. The van der Waals surface area contributed by atoms with Gasteiger partial charge in [0.2, 0.25) is 5.89 Å². The lowest BCUT2D eigenvalue weighted by molar-refractivity contribution is 0.0993. The van der Waals surface area contributed by atoms with Crippen LogP contribution in [0.5, 0.6) is 0 Å². The van der Waals surface area contributed by atoms with Crippen LogP contribution in [0.2, 0.25) is 5.02 Å². The molecule has 23 heavy (non-hydrogen) atoms. The van der Waals surface area contributed by atoms with Gasteiger partial charge in [0.15, 0.2) is 5.78 Å². The summed E-state index contributed by atoms with van der Waals surface area (Å²) in [7, 11) is 0. The van der Waals surface area contributed by atoms with Crippen LogP contribution in [-0.2, 0) is 0 Å². The maximum absolute atomic E-state index is 12.4. The van der Waals surface area contributed by atoms with Crippen molar-refractivity contribution in [3.8, 4) is 11.5 Å². The van der Waals surface area contributed by atoms with E-state index in [1.807, 2.05) is 37.3 Å². The van der Waals surface area contributed by atoms with Crippen molar-refractivity contribution in [2.24, 2.45) is 0 Å². The van der Waals surface area contributed by atoms with E-state index in [9.17, 15) is 4.79 Å². The Morgan fingerprint density at radius 2 is 1.78 bits per heavy atom. The van der Waals surface area contributed by atoms with E-state index in [1.165, 1.54) is 11.8 Å². The summed E-state index contributed by atoms with van der Waals surface area (Å²) in [6.45, 7) is 1.81. The van der Waals surface area contributed by atoms with Crippen molar-refractivity contribution < 1.29 is 9.21 Å². The number of ketones is 1. The molecule has 0 bridgehead atoms. The number of rotatable bonds is 5. The molecule has 0 aliphatic heterocycles. The van der Waals surface area contributed by atoms with E-state index in [4.69, 9.17) is 16.0 Å². The molecule has 6 heteroatoms. The zero-order valence-corrected chi connectivity index (χ0v) is 13.8. The predicted molar refractivity (Wildman–Crippen MR) is 90.8 cm³/mol. The van der Waals surface area contributed by atoms with E-state index < -0.39 is 0 Å². The molecule has 0 aliphatic rings. The van der Waals surface area contributed by atoms with Crippen LogP contribution in [0.15, 0.2) is 64.2 Å². The minimum Gasteiger partial charge on any atom is -0.411 e. The highest BCUT2D eigenvalue weighted by Crippen LogP contribution is 2.27. The van der Waals surface area contributed by atoms with Crippen LogP contribution in [0.4, 0.5) is 0 Å². The molecular formula is C17H13ClN2O2S. The van der Waals surface area contributed by atoms with Crippen LogP contribution < -0.4 is 0 Å². The first-order chi connectivity index (χ1) is 11.1. The van der Waals surface area contributed by atoms with E-state index in [0.717, 1.165) is 5.56 Å². The summed E-state index contributed by atoms with van der Waals surface area (Å²) in [4.78, 5) is 12.4. The number of hydrogen-bond acceptors (Lipinski definition) is 5. The molecule has 0 N–H and O–H groups in total. The van der Waals surface area contributed by atoms with Crippen LogP contribution in [0, 0.1) is 0 Å². The molecule has 2 aromatic carbocycles. The molecule has 3 aromatic rings. The lowest BCUT2D eigenvalue weighted by atomic mass is 10.1. The highest BCUT2D eigenvalue weighted by atomic mass is 35.5. The number of halogens is 1. The second-order valence-electron chi connectivity index (χ2n) is 4.87. The van der Waals surface area contributed by atoms with Gasteiger partial charge in [-0.1, -0.05) is 41.6 Å². The molecule has 0 aliphatic carbocycles. The number of Topliss-reactive ketones (excluding diaryl/α,β-unsaturated/α-hetero) is 1. The Labute approximate surface area is 142 Å². The Bertz CT molecular complexity index is 803. The first-order valence-electron chi connectivity index (χ1n) is 6.99. The van der Waals surface area contributed by atoms with Crippen LogP contribution >= 0.6 is 23.4 Å². The van der Waals surface area contributed by atoms with E-state index >= 15 is 0 Å². The zero-order valence-electron chi connectivity index (χ0n) is 12.3. The maximum atomic E-state index is 12.4. The predicted octanol–water partition coefficient (Wildman–Crippen LogP) is 4.75. The third-order valence-electron chi connectivity index (χ3n) is 3.20. The van der Waals surface area contributed by atoms with E-state index in [0.29, 0.717) is 21.7 Å². The van der Waals surface area contributed by atoms with Crippen molar-refractivity contribution >= 4 is 29.1 Å². The fourth-order valence-electron chi connectivity index (χ4n) is 2.01. The van der Waals surface area contributed by atoms with Crippen LogP contribution in [0.25, 0.3) is 11.5 Å². The molecule has 0 spiro atoms. The minimum atomic E-state index is -0.333. The number of aromatic nitrogens is 2. The van der Waals surface area contributed by atoms with Crippen LogP contribution in [-0.4, -0.2) is 21.2 Å². The van der Waals surface area contributed by atoms with Gasteiger partial charge >= 0.3 is 0 Å². The van der Waals surface area contributed by atoms with Crippen molar-refractivity contribution in [1.82, 2.24) is 10.2 Å². The third kappa shape index (κ3) is 3.81. The smallest absolute Gasteiger partial charge is 0.277 e.